The van der Waals surface area contributed by atoms with Crippen LogP contribution < -0.4 is 14.2 Å². The van der Waals surface area contributed by atoms with Gasteiger partial charge in [0, 0.05) is 5.56 Å². The molecule has 20 heavy (non-hydrogen) atoms. The van der Waals surface area contributed by atoms with Crippen molar-refractivity contribution in [3.05, 3.63) is 24.0 Å². The Kier molecular flexibility index (Phi) is 3.79. The lowest BCUT2D eigenvalue weighted by atomic mass is 10.1. The number of benzene rings is 1. The Morgan fingerprint density at radius 2 is 1.75 bits per heavy atom. The molecule has 0 saturated carbocycles. The lowest BCUT2D eigenvalue weighted by molar-refractivity contribution is 0.0691. The highest BCUT2D eigenvalue weighted by molar-refractivity contribution is 5.86. The lowest BCUT2D eigenvalue weighted by Gasteiger charge is -2.13. The van der Waals surface area contributed by atoms with Crippen LogP contribution in [-0.4, -0.2) is 42.4 Å². The van der Waals surface area contributed by atoms with Gasteiger partial charge in [0.15, 0.2) is 11.5 Å². The number of H-pyrrole nitrogens is 1. The highest BCUT2D eigenvalue weighted by Gasteiger charge is 2.16. The third-order valence-electron chi connectivity index (χ3n) is 2.74. The number of rotatable bonds is 5. The molecule has 2 rings (SSSR count). The van der Waals surface area contributed by atoms with Gasteiger partial charge in [-0.3, -0.25) is 0 Å². The zero-order valence-corrected chi connectivity index (χ0v) is 11.3. The highest BCUT2D eigenvalue weighted by Crippen LogP contribution is 2.40. The predicted molar refractivity (Wildman–Crippen MR) is 70.6 cm³/mol. The Balaban J connectivity index is 2.53. The van der Waals surface area contributed by atoms with Crippen molar-refractivity contribution in [1.82, 2.24) is 9.97 Å². The summed E-state index contributed by atoms with van der Waals surface area (Å²) in [6, 6.07) is 3.37. The van der Waals surface area contributed by atoms with Crippen LogP contribution in [0.1, 0.15) is 10.5 Å². The van der Waals surface area contributed by atoms with E-state index in [0.717, 1.165) is 0 Å². The Hall–Kier alpha value is -2.70. The fourth-order valence-electron chi connectivity index (χ4n) is 1.79. The van der Waals surface area contributed by atoms with E-state index in [1.54, 1.807) is 12.1 Å². The van der Waals surface area contributed by atoms with Crippen LogP contribution >= 0.6 is 0 Å². The van der Waals surface area contributed by atoms with Crippen molar-refractivity contribution in [2.75, 3.05) is 21.3 Å². The van der Waals surface area contributed by atoms with Crippen molar-refractivity contribution in [2.45, 2.75) is 0 Å². The summed E-state index contributed by atoms with van der Waals surface area (Å²) < 4.78 is 15.7. The number of ether oxygens (including phenoxy) is 3. The number of aromatic amines is 1. The molecule has 1 heterocycles. The molecule has 1 aromatic heterocycles. The number of carboxylic acid groups (broad SMARTS) is 1. The van der Waals surface area contributed by atoms with Gasteiger partial charge in [0.05, 0.1) is 27.5 Å². The first-order chi connectivity index (χ1) is 9.60. The molecule has 0 aliphatic heterocycles. The average Bonchev–Trinajstić information content (AvgIpc) is 2.95. The van der Waals surface area contributed by atoms with Gasteiger partial charge < -0.3 is 24.3 Å². The number of carboxylic acids is 1. The average molecular weight is 278 g/mol. The maximum atomic E-state index is 10.9. The number of hydrogen-bond donors (Lipinski definition) is 2. The van der Waals surface area contributed by atoms with Gasteiger partial charge in [0.2, 0.25) is 5.75 Å². The molecule has 106 valence electrons. The van der Waals surface area contributed by atoms with E-state index in [9.17, 15) is 4.79 Å². The Morgan fingerprint density at radius 1 is 1.15 bits per heavy atom. The first-order valence-corrected chi connectivity index (χ1v) is 5.69. The Labute approximate surface area is 115 Å². The van der Waals surface area contributed by atoms with Crippen molar-refractivity contribution in [3.63, 3.8) is 0 Å². The second kappa shape index (κ2) is 5.52. The molecule has 0 aliphatic rings. The molecule has 0 saturated heterocycles. The van der Waals surface area contributed by atoms with Crippen LogP contribution in [0, 0.1) is 0 Å². The normalized spacial score (nSPS) is 10.2. The summed E-state index contributed by atoms with van der Waals surface area (Å²) >= 11 is 0. The predicted octanol–water partition coefficient (Wildman–Crippen LogP) is 1.80. The lowest BCUT2D eigenvalue weighted by Crippen LogP contribution is -1.97. The summed E-state index contributed by atoms with van der Waals surface area (Å²) in [6.07, 6.45) is 1.25. The van der Waals surface area contributed by atoms with Crippen LogP contribution in [-0.2, 0) is 0 Å². The van der Waals surface area contributed by atoms with Crippen molar-refractivity contribution >= 4 is 5.97 Å². The van der Waals surface area contributed by atoms with Gasteiger partial charge in [-0.2, -0.15) is 0 Å². The minimum Gasteiger partial charge on any atom is -0.493 e. The number of aromatic carboxylic acids is 1. The molecule has 7 nitrogen and oxygen atoms in total. The number of aromatic nitrogens is 2. The van der Waals surface area contributed by atoms with Crippen molar-refractivity contribution < 1.29 is 24.1 Å². The minimum absolute atomic E-state index is 0.00810. The van der Waals surface area contributed by atoms with Gasteiger partial charge >= 0.3 is 5.97 Å². The quantitative estimate of drug-likeness (QED) is 0.866. The standard InChI is InChI=1S/C13H14N2O5/c1-18-9-4-7(5-10(19-2)11(9)20-3)12-14-6-8(15-12)13(16)17/h4-6H,1-3H3,(H,14,15)(H,16,17). The second-order valence-corrected chi connectivity index (χ2v) is 3.86. The van der Waals surface area contributed by atoms with Crippen LogP contribution in [0.25, 0.3) is 11.4 Å². The molecule has 0 atom stereocenters. The fraction of sp³-hybridized carbons (Fsp3) is 0.231. The molecule has 0 radical (unpaired) electrons. The monoisotopic (exact) mass is 278 g/mol. The molecule has 0 bridgehead atoms. The smallest absolute Gasteiger partial charge is 0.353 e. The maximum absolute atomic E-state index is 10.9. The topological polar surface area (TPSA) is 93.7 Å². The summed E-state index contributed by atoms with van der Waals surface area (Å²) in [5.41, 5.74) is 0.640. The number of nitrogens with one attached hydrogen (secondary N) is 1. The van der Waals surface area contributed by atoms with Gasteiger partial charge in [-0.05, 0) is 12.1 Å². The minimum atomic E-state index is -1.07. The summed E-state index contributed by atoms with van der Waals surface area (Å²) in [5, 5.41) is 8.89. The van der Waals surface area contributed by atoms with E-state index in [2.05, 4.69) is 9.97 Å². The SMILES string of the molecule is COc1cc(-c2ncc(C(=O)O)[nH]2)cc(OC)c1OC. The molecule has 1 aromatic carbocycles. The van der Waals surface area contributed by atoms with E-state index in [1.165, 1.54) is 27.5 Å². The summed E-state index contributed by atoms with van der Waals surface area (Å²) in [4.78, 5) is 17.6. The largest absolute Gasteiger partial charge is 0.493 e. The van der Waals surface area contributed by atoms with Crippen LogP contribution in [0.4, 0.5) is 0 Å². The molecule has 2 N–H and O–H groups in total. The van der Waals surface area contributed by atoms with Crippen molar-refractivity contribution in [2.24, 2.45) is 0 Å². The van der Waals surface area contributed by atoms with Crippen LogP contribution in [0.2, 0.25) is 0 Å². The van der Waals surface area contributed by atoms with E-state index in [-0.39, 0.29) is 5.69 Å². The summed E-state index contributed by atoms with van der Waals surface area (Å²) in [7, 11) is 4.52. The first kappa shape index (κ1) is 13.7. The van der Waals surface area contributed by atoms with E-state index in [4.69, 9.17) is 19.3 Å². The van der Waals surface area contributed by atoms with Gasteiger partial charge in [-0.25, -0.2) is 9.78 Å². The van der Waals surface area contributed by atoms with Gasteiger partial charge in [0.1, 0.15) is 11.5 Å². The molecular weight excluding hydrogens is 264 g/mol. The number of carbonyl (C=O) groups is 1. The van der Waals surface area contributed by atoms with E-state index in [1.807, 2.05) is 0 Å². The molecular formula is C13H14N2O5. The maximum Gasteiger partial charge on any atom is 0.353 e. The number of nitrogens with zero attached hydrogens (tertiary/aromatic N) is 1. The molecule has 0 fully saturated rings. The van der Waals surface area contributed by atoms with Crippen LogP contribution in [0.5, 0.6) is 17.2 Å². The third kappa shape index (κ3) is 2.37. The first-order valence-electron chi connectivity index (χ1n) is 5.69. The Morgan fingerprint density at radius 3 is 2.15 bits per heavy atom. The molecule has 0 unspecified atom stereocenters. The van der Waals surface area contributed by atoms with Crippen LogP contribution in [0.3, 0.4) is 0 Å². The third-order valence-corrected chi connectivity index (χ3v) is 2.74. The number of imidazole rings is 1. The molecule has 2 aromatic rings. The summed E-state index contributed by atoms with van der Waals surface area (Å²) in [6.45, 7) is 0. The molecule has 7 heteroatoms. The van der Waals surface area contributed by atoms with E-state index < -0.39 is 5.97 Å². The van der Waals surface area contributed by atoms with Crippen LogP contribution in [0.15, 0.2) is 18.3 Å². The Bertz CT molecular complexity index is 610. The van der Waals surface area contributed by atoms with E-state index in [0.29, 0.717) is 28.6 Å². The zero-order valence-electron chi connectivity index (χ0n) is 11.3. The summed E-state index contributed by atoms with van der Waals surface area (Å²) in [5.74, 6) is 0.729. The zero-order chi connectivity index (χ0) is 14.7. The van der Waals surface area contributed by atoms with E-state index >= 15 is 0 Å². The van der Waals surface area contributed by atoms with Gasteiger partial charge in [-0.15, -0.1) is 0 Å². The molecule has 0 spiro atoms. The molecule has 0 aliphatic carbocycles. The van der Waals surface area contributed by atoms with Gasteiger partial charge in [0.25, 0.3) is 0 Å². The highest BCUT2D eigenvalue weighted by atomic mass is 16.5. The number of methoxy groups -OCH3 is 3. The van der Waals surface area contributed by atoms with Crippen molar-refractivity contribution in [1.29, 1.82) is 0 Å². The molecule has 0 amide bonds. The van der Waals surface area contributed by atoms with Gasteiger partial charge in [-0.1, -0.05) is 0 Å². The number of hydrogen-bond acceptors (Lipinski definition) is 5. The van der Waals surface area contributed by atoms with Crippen molar-refractivity contribution in [3.8, 4) is 28.6 Å². The fourth-order valence-corrected chi connectivity index (χ4v) is 1.79. The second-order valence-electron chi connectivity index (χ2n) is 3.86.